The van der Waals surface area contributed by atoms with Gasteiger partial charge in [-0.1, -0.05) is 41.3 Å². The molecule has 0 spiro atoms. The van der Waals surface area contributed by atoms with Gasteiger partial charge in [0.15, 0.2) is 4.34 Å². The van der Waals surface area contributed by atoms with Gasteiger partial charge in [0.2, 0.25) is 5.13 Å². The molecule has 0 saturated carbocycles. The molecular formula is C18H18N4O3S2. The normalized spacial score (nSPS) is 10.4. The van der Waals surface area contributed by atoms with Crippen molar-refractivity contribution >= 4 is 34.3 Å². The van der Waals surface area contributed by atoms with Gasteiger partial charge in [-0.3, -0.25) is 10.3 Å². The highest BCUT2D eigenvalue weighted by molar-refractivity contribution is 8.00. The number of hydrogen-bond donors (Lipinski definition) is 1. The van der Waals surface area contributed by atoms with Gasteiger partial charge >= 0.3 is 6.09 Å². The van der Waals surface area contributed by atoms with Gasteiger partial charge in [-0.25, -0.2) is 4.79 Å². The van der Waals surface area contributed by atoms with Gasteiger partial charge in [-0.2, -0.15) is 0 Å². The zero-order chi connectivity index (χ0) is 18.9. The van der Waals surface area contributed by atoms with Crippen LogP contribution in [0.15, 0.2) is 53.1 Å². The summed E-state index contributed by atoms with van der Waals surface area (Å²) in [5.74, 6) is 1.56. The second kappa shape index (κ2) is 9.89. The van der Waals surface area contributed by atoms with Gasteiger partial charge in [0.05, 0.1) is 6.61 Å². The molecule has 0 aliphatic carbocycles. The number of ether oxygens (including phenoxy) is 2. The Morgan fingerprint density at radius 1 is 1.19 bits per heavy atom. The monoisotopic (exact) mass is 402 g/mol. The summed E-state index contributed by atoms with van der Waals surface area (Å²) in [5, 5.41) is 11.0. The first kappa shape index (κ1) is 19.1. The number of anilines is 1. The Morgan fingerprint density at radius 3 is 2.78 bits per heavy atom. The molecule has 140 valence electrons. The number of nitrogens with zero attached hydrogens (tertiary/aromatic N) is 3. The average Bonchev–Trinajstić information content (AvgIpc) is 3.14. The molecule has 0 atom stereocenters. The number of nitrogens with one attached hydrogen (secondary N) is 1. The molecule has 7 nitrogen and oxygen atoms in total. The van der Waals surface area contributed by atoms with Crippen molar-refractivity contribution in [2.24, 2.45) is 0 Å². The van der Waals surface area contributed by atoms with Crippen LogP contribution in [0, 0.1) is 0 Å². The number of hydrogen-bond acceptors (Lipinski definition) is 8. The zero-order valence-corrected chi connectivity index (χ0v) is 16.3. The van der Waals surface area contributed by atoms with Crippen LogP contribution < -0.4 is 10.1 Å². The maximum absolute atomic E-state index is 11.4. The Hall–Kier alpha value is -2.65. The average molecular weight is 403 g/mol. The lowest BCUT2D eigenvalue weighted by Gasteiger charge is -2.06. The van der Waals surface area contributed by atoms with Gasteiger partial charge in [-0.15, -0.1) is 10.2 Å². The van der Waals surface area contributed by atoms with Crippen molar-refractivity contribution in [1.29, 1.82) is 0 Å². The number of amides is 1. The van der Waals surface area contributed by atoms with E-state index in [9.17, 15) is 4.79 Å². The fourth-order valence-electron chi connectivity index (χ4n) is 2.05. The molecule has 2 heterocycles. The van der Waals surface area contributed by atoms with E-state index >= 15 is 0 Å². The molecular weight excluding hydrogens is 384 g/mol. The summed E-state index contributed by atoms with van der Waals surface area (Å²) in [7, 11) is 0. The third kappa shape index (κ3) is 6.22. The lowest BCUT2D eigenvalue weighted by atomic mass is 10.2. The fraction of sp³-hybridized carbons (Fsp3) is 0.222. The summed E-state index contributed by atoms with van der Waals surface area (Å²) in [6.07, 6.45) is 3.01. The van der Waals surface area contributed by atoms with Crippen LogP contribution in [0.5, 0.6) is 5.75 Å². The lowest BCUT2D eigenvalue weighted by molar-refractivity contribution is 0.168. The first-order valence-electron chi connectivity index (χ1n) is 8.23. The molecule has 0 fully saturated rings. The van der Waals surface area contributed by atoms with Crippen LogP contribution in [0.2, 0.25) is 0 Å². The van der Waals surface area contributed by atoms with Crippen LogP contribution in [0.1, 0.15) is 18.1 Å². The first-order valence-corrected chi connectivity index (χ1v) is 10.0. The minimum atomic E-state index is -0.521. The summed E-state index contributed by atoms with van der Waals surface area (Å²) in [6, 6.07) is 11.8. The maximum atomic E-state index is 11.4. The van der Waals surface area contributed by atoms with Crippen LogP contribution in [-0.2, 0) is 17.1 Å². The number of carbonyl (C=O) groups excluding carboxylic acids is 1. The number of thioether (sulfide) groups is 1. The van der Waals surface area contributed by atoms with Gasteiger partial charge in [0, 0.05) is 23.7 Å². The van der Waals surface area contributed by atoms with E-state index in [4.69, 9.17) is 9.47 Å². The van der Waals surface area contributed by atoms with E-state index in [0.717, 1.165) is 27.0 Å². The van der Waals surface area contributed by atoms with Crippen LogP contribution in [-0.4, -0.2) is 27.9 Å². The van der Waals surface area contributed by atoms with Crippen molar-refractivity contribution in [3.05, 3.63) is 59.9 Å². The number of pyridine rings is 1. The van der Waals surface area contributed by atoms with Gasteiger partial charge < -0.3 is 9.47 Å². The van der Waals surface area contributed by atoms with E-state index in [2.05, 4.69) is 20.5 Å². The van der Waals surface area contributed by atoms with Gasteiger partial charge in [0.1, 0.15) is 12.4 Å². The van der Waals surface area contributed by atoms with Crippen molar-refractivity contribution in [3.8, 4) is 5.75 Å². The Balaban J connectivity index is 1.46. The summed E-state index contributed by atoms with van der Waals surface area (Å²) in [4.78, 5) is 15.4. The molecule has 9 heteroatoms. The molecule has 0 saturated heterocycles. The highest BCUT2D eigenvalue weighted by Crippen LogP contribution is 2.29. The lowest BCUT2D eigenvalue weighted by Crippen LogP contribution is -2.12. The van der Waals surface area contributed by atoms with Crippen molar-refractivity contribution in [2.45, 2.75) is 23.6 Å². The second-order valence-electron chi connectivity index (χ2n) is 5.30. The van der Waals surface area contributed by atoms with Gasteiger partial charge in [0.25, 0.3) is 0 Å². The molecule has 0 aliphatic heterocycles. The van der Waals surface area contributed by atoms with Gasteiger partial charge in [-0.05, 0) is 30.7 Å². The third-order valence-corrected chi connectivity index (χ3v) is 5.35. The molecule has 27 heavy (non-hydrogen) atoms. The predicted octanol–water partition coefficient (Wildman–Crippen LogP) is 4.37. The zero-order valence-electron chi connectivity index (χ0n) is 14.6. The summed E-state index contributed by atoms with van der Waals surface area (Å²) in [5.41, 5.74) is 2.17. The van der Waals surface area contributed by atoms with E-state index in [0.29, 0.717) is 18.3 Å². The summed E-state index contributed by atoms with van der Waals surface area (Å²) >= 11 is 2.87. The van der Waals surface area contributed by atoms with Crippen molar-refractivity contribution in [1.82, 2.24) is 15.2 Å². The Kier molecular flexibility index (Phi) is 7.00. The van der Waals surface area contributed by atoms with Crippen molar-refractivity contribution in [2.75, 3.05) is 11.9 Å². The van der Waals surface area contributed by atoms with Crippen LogP contribution in [0.25, 0.3) is 0 Å². The highest BCUT2D eigenvalue weighted by Gasteiger charge is 2.09. The molecule has 1 amide bonds. The van der Waals surface area contributed by atoms with Crippen molar-refractivity contribution in [3.63, 3.8) is 0 Å². The highest BCUT2D eigenvalue weighted by atomic mass is 32.2. The molecule has 0 radical (unpaired) electrons. The van der Waals surface area contributed by atoms with Crippen LogP contribution in [0.4, 0.5) is 9.93 Å². The van der Waals surface area contributed by atoms with Crippen LogP contribution >= 0.6 is 23.1 Å². The number of carbonyl (C=O) groups is 1. The maximum Gasteiger partial charge on any atom is 0.413 e. The molecule has 3 aromatic rings. The topological polar surface area (TPSA) is 86.2 Å². The summed E-state index contributed by atoms with van der Waals surface area (Å²) in [6.45, 7) is 2.55. The SMILES string of the molecule is CCOC(=O)Nc1nnc(SCc2ccc(OCc3cccnc3)cc2)s1. The number of benzene rings is 1. The second-order valence-corrected chi connectivity index (χ2v) is 7.50. The predicted molar refractivity (Wildman–Crippen MR) is 105 cm³/mol. The third-order valence-electron chi connectivity index (χ3n) is 3.30. The van der Waals surface area contributed by atoms with E-state index < -0.39 is 6.09 Å². The quantitative estimate of drug-likeness (QED) is 0.442. The number of rotatable bonds is 8. The molecule has 2 aromatic heterocycles. The van der Waals surface area contributed by atoms with Crippen molar-refractivity contribution < 1.29 is 14.3 Å². The Labute approximate surface area is 165 Å². The minimum absolute atomic E-state index is 0.314. The molecule has 0 unspecified atom stereocenters. The largest absolute Gasteiger partial charge is 0.489 e. The fourth-order valence-corrected chi connectivity index (χ4v) is 3.74. The van der Waals surface area contributed by atoms with E-state index in [1.54, 1.807) is 31.1 Å². The van der Waals surface area contributed by atoms with E-state index in [-0.39, 0.29) is 0 Å². The molecule has 1 aromatic carbocycles. The Morgan fingerprint density at radius 2 is 2.04 bits per heavy atom. The number of aromatic nitrogens is 3. The summed E-state index contributed by atoms with van der Waals surface area (Å²) < 4.78 is 11.3. The molecule has 3 rings (SSSR count). The van der Waals surface area contributed by atoms with E-state index in [1.807, 2.05) is 36.4 Å². The first-order chi connectivity index (χ1) is 13.2. The van der Waals surface area contributed by atoms with Crippen LogP contribution in [0.3, 0.4) is 0 Å². The smallest absolute Gasteiger partial charge is 0.413 e. The standard InChI is InChI=1S/C18H18N4O3S2/c1-2-24-17(23)20-16-21-22-18(27-16)26-12-13-5-7-15(8-6-13)25-11-14-4-3-9-19-10-14/h3-10H,2,11-12H2,1H3,(H,20,21,23). The minimum Gasteiger partial charge on any atom is -0.489 e. The molecule has 0 bridgehead atoms. The van der Waals surface area contributed by atoms with E-state index in [1.165, 1.54) is 11.3 Å². The Bertz CT molecular complexity index is 857. The molecule has 0 aliphatic rings. The molecule has 1 N–H and O–H groups in total.